The van der Waals surface area contributed by atoms with Crippen molar-refractivity contribution in [3.63, 3.8) is 0 Å². The van der Waals surface area contributed by atoms with Crippen LogP contribution >= 0.6 is 11.6 Å². The average molecular weight is 184 g/mol. The molecule has 1 rings (SSSR count). The normalized spacial score (nSPS) is 9.50. The van der Waals surface area contributed by atoms with Gasteiger partial charge in [-0.3, -0.25) is 0 Å². The summed E-state index contributed by atoms with van der Waals surface area (Å²) in [6, 6.07) is 4.13. The van der Waals surface area contributed by atoms with Crippen molar-refractivity contribution in [3.05, 3.63) is 47.3 Å². The Balaban J connectivity index is 3.13. The Hall–Kier alpha value is -1.15. The molecule has 0 radical (unpaired) electrons. The van der Waals surface area contributed by atoms with Crippen LogP contribution in [0.5, 0.6) is 0 Å². The van der Waals surface area contributed by atoms with Crippen molar-refractivity contribution in [3.8, 4) is 0 Å². The number of nitrogens with one attached hydrogen (secondary N) is 1. The topological polar surface area (TPSA) is 23.9 Å². The van der Waals surface area contributed by atoms with Gasteiger partial charge < -0.3 is 5.41 Å². The lowest BCUT2D eigenvalue weighted by Gasteiger charge is -1.99. The zero-order chi connectivity index (χ0) is 9.14. The van der Waals surface area contributed by atoms with Gasteiger partial charge in [-0.25, -0.2) is 4.39 Å². The fourth-order valence-corrected chi connectivity index (χ4v) is 0.962. The molecule has 0 heterocycles. The Labute approximate surface area is 75.0 Å². The molecule has 62 valence electrons. The third-order valence-corrected chi connectivity index (χ3v) is 1.72. The van der Waals surface area contributed by atoms with E-state index in [0.29, 0.717) is 5.56 Å². The van der Waals surface area contributed by atoms with Gasteiger partial charge >= 0.3 is 0 Å². The van der Waals surface area contributed by atoms with Crippen LogP contribution in [0.3, 0.4) is 0 Å². The van der Waals surface area contributed by atoms with Crippen LogP contribution in [0.2, 0.25) is 5.02 Å². The average Bonchev–Trinajstić information content (AvgIpc) is 2.08. The molecule has 1 nitrogen and oxygen atoms in total. The van der Waals surface area contributed by atoms with Crippen LogP contribution < -0.4 is 0 Å². The smallest absolute Gasteiger partial charge is 0.141 e. The molecule has 0 bridgehead atoms. The van der Waals surface area contributed by atoms with Crippen LogP contribution in [0.4, 0.5) is 4.39 Å². The summed E-state index contributed by atoms with van der Waals surface area (Å²) >= 11 is 5.51. The van der Waals surface area contributed by atoms with Crippen molar-refractivity contribution in [2.75, 3.05) is 0 Å². The van der Waals surface area contributed by atoms with E-state index < -0.39 is 5.82 Å². The summed E-state index contributed by atoms with van der Waals surface area (Å²) in [7, 11) is 0. The summed E-state index contributed by atoms with van der Waals surface area (Å²) in [5.41, 5.74) is 0.799. The monoisotopic (exact) mass is 183 g/mol. The van der Waals surface area contributed by atoms with Gasteiger partial charge in [-0.2, -0.15) is 0 Å². The Morgan fingerprint density at radius 3 is 2.75 bits per heavy atom. The van der Waals surface area contributed by atoms with Gasteiger partial charge in [0.25, 0.3) is 0 Å². The maximum Gasteiger partial charge on any atom is 0.141 e. The number of benzene rings is 1. The minimum Gasteiger partial charge on any atom is -0.300 e. The van der Waals surface area contributed by atoms with Crippen LogP contribution in [-0.4, -0.2) is 5.71 Å². The minimum absolute atomic E-state index is 0.0269. The second-order valence-electron chi connectivity index (χ2n) is 2.25. The van der Waals surface area contributed by atoms with Gasteiger partial charge in [0.1, 0.15) is 5.82 Å². The maximum absolute atomic E-state index is 12.6. The summed E-state index contributed by atoms with van der Waals surface area (Å²) in [6.07, 6.45) is 1.38. The molecule has 0 aliphatic rings. The van der Waals surface area contributed by atoms with Crippen molar-refractivity contribution < 1.29 is 4.39 Å². The van der Waals surface area contributed by atoms with Gasteiger partial charge in [0.2, 0.25) is 0 Å². The van der Waals surface area contributed by atoms with E-state index in [-0.39, 0.29) is 10.7 Å². The zero-order valence-electron chi connectivity index (χ0n) is 6.27. The van der Waals surface area contributed by atoms with Gasteiger partial charge in [-0.05, 0) is 24.3 Å². The van der Waals surface area contributed by atoms with Crippen LogP contribution in [0.25, 0.3) is 0 Å². The van der Waals surface area contributed by atoms with E-state index in [1.54, 1.807) is 0 Å². The highest BCUT2D eigenvalue weighted by atomic mass is 35.5. The zero-order valence-corrected chi connectivity index (χ0v) is 7.03. The molecule has 0 fully saturated rings. The van der Waals surface area contributed by atoms with Crippen molar-refractivity contribution in [1.29, 1.82) is 5.41 Å². The first-order valence-electron chi connectivity index (χ1n) is 3.31. The molecule has 0 saturated heterocycles. The maximum atomic E-state index is 12.6. The van der Waals surface area contributed by atoms with Crippen LogP contribution in [0.15, 0.2) is 30.9 Å². The molecule has 12 heavy (non-hydrogen) atoms. The Bertz CT molecular complexity index is 333. The van der Waals surface area contributed by atoms with E-state index in [0.717, 1.165) is 0 Å². The van der Waals surface area contributed by atoms with Crippen LogP contribution in [0.1, 0.15) is 5.56 Å². The molecule has 0 aliphatic carbocycles. The first-order chi connectivity index (χ1) is 5.65. The molecular weight excluding hydrogens is 177 g/mol. The molecular formula is C9H7ClFN. The van der Waals surface area contributed by atoms with E-state index >= 15 is 0 Å². The van der Waals surface area contributed by atoms with E-state index in [1.165, 1.54) is 24.3 Å². The lowest BCUT2D eigenvalue weighted by atomic mass is 10.1. The predicted octanol–water partition coefficient (Wildman–Crippen LogP) is 3.03. The number of hydrogen-bond acceptors (Lipinski definition) is 1. The highest BCUT2D eigenvalue weighted by molar-refractivity contribution is 6.31. The summed E-state index contributed by atoms with van der Waals surface area (Å²) in [5, 5.41) is 7.37. The molecule has 1 aromatic carbocycles. The van der Waals surface area contributed by atoms with Gasteiger partial charge in [0, 0.05) is 5.56 Å². The van der Waals surface area contributed by atoms with E-state index in [9.17, 15) is 4.39 Å². The summed E-state index contributed by atoms with van der Waals surface area (Å²) in [5.74, 6) is -0.475. The van der Waals surface area contributed by atoms with Crippen molar-refractivity contribution in [2.45, 2.75) is 0 Å². The number of rotatable bonds is 2. The minimum atomic E-state index is -0.475. The quantitative estimate of drug-likeness (QED) is 0.682. The molecule has 0 saturated carbocycles. The molecule has 0 atom stereocenters. The first-order valence-corrected chi connectivity index (χ1v) is 3.69. The molecule has 1 N–H and O–H groups in total. The number of hydrogen-bond donors (Lipinski definition) is 1. The lowest BCUT2D eigenvalue weighted by molar-refractivity contribution is 0.628. The molecule has 1 aromatic rings. The second kappa shape index (κ2) is 3.50. The van der Waals surface area contributed by atoms with Gasteiger partial charge in [-0.15, -0.1) is 0 Å². The highest BCUT2D eigenvalue weighted by Crippen LogP contribution is 2.16. The number of halogens is 2. The van der Waals surface area contributed by atoms with Gasteiger partial charge in [0.05, 0.1) is 10.7 Å². The third-order valence-electron chi connectivity index (χ3n) is 1.43. The van der Waals surface area contributed by atoms with E-state index in [1.807, 2.05) is 0 Å². The second-order valence-corrected chi connectivity index (χ2v) is 2.65. The third kappa shape index (κ3) is 1.71. The fourth-order valence-electron chi connectivity index (χ4n) is 0.782. The van der Waals surface area contributed by atoms with Crippen LogP contribution in [0, 0.1) is 11.2 Å². The van der Waals surface area contributed by atoms with E-state index in [4.69, 9.17) is 17.0 Å². The predicted molar refractivity (Wildman–Crippen MR) is 48.4 cm³/mol. The molecule has 0 aromatic heterocycles. The lowest BCUT2D eigenvalue weighted by Crippen LogP contribution is -1.93. The molecule has 0 amide bonds. The summed E-state index contributed by atoms with van der Waals surface area (Å²) in [6.45, 7) is 3.43. The van der Waals surface area contributed by atoms with Gasteiger partial charge in [-0.1, -0.05) is 18.2 Å². The molecule has 0 unspecified atom stereocenters. The fraction of sp³-hybridized carbons (Fsp3) is 0. The summed E-state index contributed by atoms with van der Waals surface area (Å²) in [4.78, 5) is 0. The Morgan fingerprint density at radius 1 is 1.58 bits per heavy atom. The molecule has 0 aliphatic heterocycles. The Morgan fingerprint density at radius 2 is 2.25 bits per heavy atom. The van der Waals surface area contributed by atoms with Crippen molar-refractivity contribution in [1.82, 2.24) is 0 Å². The SMILES string of the molecule is C=CC(=N)c1ccc(F)c(Cl)c1. The summed E-state index contributed by atoms with van der Waals surface area (Å²) < 4.78 is 12.6. The first kappa shape index (κ1) is 8.94. The van der Waals surface area contributed by atoms with E-state index in [2.05, 4.69) is 6.58 Å². The van der Waals surface area contributed by atoms with Crippen molar-refractivity contribution in [2.24, 2.45) is 0 Å². The Kier molecular flexibility index (Phi) is 2.61. The largest absolute Gasteiger partial charge is 0.300 e. The standard InChI is InChI=1S/C9H7ClFN/c1-2-9(12)6-3-4-8(11)7(10)5-6/h2-5,12H,1H2. The number of allylic oxidation sites excluding steroid dienone is 1. The molecule has 3 heteroatoms. The molecule has 0 spiro atoms. The van der Waals surface area contributed by atoms with Gasteiger partial charge in [0.15, 0.2) is 0 Å². The highest BCUT2D eigenvalue weighted by Gasteiger charge is 2.02. The van der Waals surface area contributed by atoms with Crippen LogP contribution in [-0.2, 0) is 0 Å². The van der Waals surface area contributed by atoms with Crippen molar-refractivity contribution >= 4 is 17.3 Å².